The number of carbonyl (C=O) groups excluding carboxylic acids is 1. The predicted octanol–water partition coefficient (Wildman–Crippen LogP) is 0.364. The van der Waals surface area contributed by atoms with Crippen molar-refractivity contribution < 1.29 is 14.6 Å². The molecule has 0 aromatic heterocycles. The van der Waals surface area contributed by atoms with E-state index in [0.717, 1.165) is 25.5 Å². The molecule has 0 aliphatic carbocycles. The third kappa shape index (κ3) is 7.59. The molecule has 0 atom stereocenters. The van der Waals surface area contributed by atoms with Gasteiger partial charge in [0.25, 0.3) is 0 Å². The summed E-state index contributed by atoms with van der Waals surface area (Å²) in [5.41, 5.74) is 0. The van der Waals surface area contributed by atoms with Crippen LogP contribution in [-0.2, 0) is 9.53 Å². The Hall–Kier alpha value is -0.410. The van der Waals surface area contributed by atoms with Crippen LogP contribution in [0, 0.1) is 0 Å². The minimum absolute atomic E-state index is 0.194. The smallest absolute Gasteiger partial charge is 0.145 e. The van der Waals surface area contributed by atoms with Crippen molar-refractivity contribution in [1.82, 2.24) is 0 Å². The fourth-order valence-corrected chi connectivity index (χ4v) is 0.624. The lowest BCUT2D eigenvalue weighted by atomic mass is 10.2. The average molecular weight is 146 g/mol. The van der Waals surface area contributed by atoms with Gasteiger partial charge in [-0.15, -0.1) is 0 Å². The number of rotatable bonds is 7. The van der Waals surface area contributed by atoms with Gasteiger partial charge in [-0.3, -0.25) is 0 Å². The first kappa shape index (κ1) is 9.59. The van der Waals surface area contributed by atoms with Crippen LogP contribution in [-0.4, -0.2) is 31.2 Å². The Labute approximate surface area is 61.0 Å². The van der Waals surface area contributed by atoms with E-state index in [1.54, 1.807) is 0 Å². The van der Waals surface area contributed by atoms with Crippen molar-refractivity contribution in [3.05, 3.63) is 0 Å². The second-order valence-electron chi connectivity index (χ2n) is 2.03. The largest absolute Gasteiger partial charge is 0.396 e. The number of aliphatic hydroxyl groups excluding tert-OH is 1. The first-order valence-corrected chi connectivity index (χ1v) is 3.54. The summed E-state index contributed by atoms with van der Waals surface area (Å²) in [4.78, 5) is 9.73. The molecule has 0 unspecified atom stereocenters. The van der Waals surface area contributed by atoms with Crippen molar-refractivity contribution in [2.45, 2.75) is 19.3 Å². The van der Waals surface area contributed by atoms with Crippen LogP contribution in [0.25, 0.3) is 0 Å². The number of carbonyl (C=O) groups is 1. The van der Waals surface area contributed by atoms with Gasteiger partial charge in [0.2, 0.25) is 0 Å². The van der Waals surface area contributed by atoms with Crippen molar-refractivity contribution in [3.63, 3.8) is 0 Å². The maximum atomic E-state index is 9.73. The molecule has 1 N–H and O–H groups in total. The summed E-state index contributed by atoms with van der Waals surface area (Å²) in [7, 11) is 0. The zero-order valence-corrected chi connectivity index (χ0v) is 6.08. The van der Waals surface area contributed by atoms with Crippen LogP contribution in [0.5, 0.6) is 0 Å². The van der Waals surface area contributed by atoms with E-state index in [1.165, 1.54) is 0 Å². The maximum absolute atomic E-state index is 9.73. The quantitative estimate of drug-likeness (QED) is 0.417. The molecule has 0 saturated carbocycles. The zero-order chi connectivity index (χ0) is 7.66. The van der Waals surface area contributed by atoms with Gasteiger partial charge in [-0.05, 0) is 19.3 Å². The lowest BCUT2D eigenvalue weighted by molar-refractivity contribution is -0.111. The molecule has 0 aliphatic rings. The van der Waals surface area contributed by atoms with E-state index in [1.807, 2.05) is 0 Å². The topological polar surface area (TPSA) is 46.5 Å². The summed E-state index contributed by atoms with van der Waals surface area (Å²) in [6.45, 7) is 1.06. The molecule has 3 nitrogen and oxygen atoms in total. The van der Waals surface area contributed by atoms with Gasteiger partial charge in [0.1, 0.15) is 12.9 Å². The Balaban J connectivity index is 2.70. The van der Waals surface area contributed by atoms with E-state index in [-0.39, 0.29) is 13.2 Å². The standard InChI is InChI=1S/C7H14O3/c8-4-2-1-3-6-10-7-5-9/h5,8H,1-4,6-7H2. The van der Waals surface area contributed by atoms with E-state index in [9.17, 15) is 4.79 Å². The highest BCUT2D eigenvalue weighted by atomic mass is 16.5. The number of hydrogen-bond donors (Lipinski definition) is 1. The summed E-state index contributed by atoms with van der Waals surface area (Å²) >= 11 is 0. The summed E-state index contributed by atoms with van der Waals surface area (Å²) in [5, 5.41) is 8.37. The molecule has 0 bridgehead atoms. The second kappa shape index (κ2) is 8.59. The number of unbranched alkanes of at least 4 members (excludes halogenated alkanes) is 2. The molecular weight excluding hydrogens is 132 g/mol. The summed E-state index contributed by atoms with van der Waals surface area (Å²) in [6, 6.07) is 0. The van der Waals surface area contributed by atoms with Crippen molar-refractivity contribution >= 4 is 6.29 Å². The Bertz CT molecular complexity index is 73.3. The van der Waals surface area contributed by atoms with E-state index < -0.39 is 0 Å². The van der Waals surface area contributed by atoms with Crippen molar-refractivity contribution in [3.8, 4) is 0 Å². The van der Waals surface area contributed by atoms with Crippen LogP contribution in [0.1, 0.15) is 19.3 Å². The third-order valence-electron chi connectivity index (χ3n) is 1.13. The summed E-state index contributed by atoms with van der Waals surface area (Å²) < 4.78 is 4.88. The molecular formula is C7H14O3. The number of hydrogen-bond acceptors (Lipinski definition) is 3. The van der Waals surface area contributed by atoms with Gasteiger partial charge in [0, 0.05) is 13.2 Å². The first-order valence-electron chi connectivity index (χ1n) is 3.54. The van der Waals surface area contributed by atoms with Crippen LogP contribution in [0.2, 0.25) is 0 Å². The minimum atomic E-state index is 0.194. The lowest BCUT2D eigenvalue weighted by Gasteiger charge is -1.97. The average Bonchev–Trinajstić information content (AvgIpc) is 1.97. The highest BCUT2D eigenvalue weighted by Crippen LogP contribution is 1.93. The summed E-state index contributed by atoms with van der Waals surface area (Å²) in [5.74, 6) is 0. The highest BCUT2D eigenvalue weighted by Gasteiger charge is 1.87. The van der Waals surface area contributed by atoms with Crippen molar-refractivity contribution in [2.24, 2.45) is 0 Å². The Morgan fingerprint density at radius 1 is 1.30 bits per heavy atom. The van der Waals surface area contributed by atoms with E-state index in [0.29, 0.717) is 6.61 Å². The van der Waals surface area contributed by atoms with Crippen LogP contribution < -0.4 is 0 Å². The Morgan fingerprint density at radius 2 is 2.10 bits per heavy atom. The molecule has 3 heteroatoms. The fraction of sp³-hybridized carbons (Fsp3) is 0.857. The Kier molecular flexibility index (Phi) is 8.24. The maximum Gasteiger partial charge on any atom is 0.145 e. The van der Waals surface area contributed by atoms with Gasteiger partial charge in [-0.2, -0.15) is 0 Å². The predicted molar refractivity (Wildman–Crippen MR) is 37.8 cm³/mol. The molecule has 60 valence electrons. The first-order chi connectivity index (χ1) is 4.91. The third-order valence-corrected chi connectivity index (χ3v) is 1.13. The molecule has 0 heterocycles. The van der Waals surface area contributed by atoms with Crippen LogP contribution in [0.15, 0.2) is 0 Å². The fourth-order valence-electron chi connectivity index (χ4n) is 0.624. The molecule has 0 fully saturated rings. The van der Waals surface area contributed by atoms with Crippen LogP contribution in [0.3, 0.4) is 0 Å². The van der Waals surface area contributed by atoms with E-state index >= 15 is 0 Å². The number of aliphatic hydroxyl groups is 1. The molecule has 0 radical (unpaired) electrons. The summed E-state index contributed by atoms with van der Waals surface area (Å²) in [6.07, 6.45) is 3.46. The molecule has 0 aliphatic heterocycles. The van der Waals surface area contributed by atoms with Gasteiger partial charge in [0.15, 0.2) is 0 Å². The molecule has 0 amide bonds. The molecule has 0 rings (SSSR count). The monoisotopic (exact) mass is 146 g/mol. The molecule has 0 spiro atoms. The SMILES string of the molecule is O=CCOCCCCCO. The van der Waals surface area contributed by atoms with Gasteiger partial charge in [-0.1, -0.05) is 0 Å². The van der Waals surface area contributed by atoms with Crippen LogP contribution >= 0.6 is 0 Å². The second-order valence-corrected chi connectivity index (χ2v) is 2.03. The van der Waals surface area contributed by atoms with E-state index in [4.69, 9.17) is 9.84 Å². The van der Waals surface area contributed by atoms with Gasteiger partial charge in [-0.25, -0.2) is 0 Å². The van der Waals surface area contributed by atoms with Gasteiger partial charge < -0.3 is 14.6 Å². The van der Waals surface area contributed by atoms with Gasteiger partial charge >= 0.3 is 0 Å². The Morgan fingerprint density at radius 3 is 2.70 bits per heavy atom. The molecule has 0 saturated heterocycles. The lowest BCUT2D eigenvalue weighted by Crippen LogP contribution is -1.97. The minimum Gasteiger partial charge on any atom is -0.396 e. The van der Waals surface area contributed by atoms with Gasteiger partial charge in [0.05, 0.1) is 0 Å². The van der Waals surface area contributed by atoms with E-state index in [2.05, 4.69) is 0 Å². The zero-order valence-electron chi connectivity index (χ0n) is 6.08. The molecule has 0 aromatic rings. The van der Waals surface area contributed by atoms with Crippen LogP contribution in [0.4, 0.5) is 0 Å². The van der Waals surface area contributed by atoms with Crippen molar-refractivity contribution in [2.75, 3.05) is 19.8 Å². The number of ether oxygens (including phenoxy) is 1. The van der Waals surface area contributed by atoms with Crippen molar-refractivity contribution in [1.29, 1.82) is 0 Å². The molecule has 10 heavy (non-hydrogen) atoms. The normalized spacial score (nSPS) is 9.70. The molecule has 0 aromatic carbocycles. The highest BCUT2D eigenvalue weighted by molar-refractivity contribution is 5.50. The number of aldehydes is 1.